The number of anilines is 1. The standard InChI is InChI=1S/C22H26N4O5S/c1-5-26(6-2)32(28,29)17-10-7-15(8-11-17)23-22(27)20-14-19(24-25-20)18-12-9-16(30-3)13-21(18)31-4/h7-14H,5-6H2,1-4H3,(H,23,27)(H,24,25). The van der Waals surface area contributed by atoms with Crippen LogP contribution in [0.3, 0.4) is 0 Å². The van der Waals surface area contributed by atoms with Crippen LogP contribution < -0.4 is 14.8 Å². The maximum Gasteiger partial charge on any atom is 0.273 e. The van der Waals surface area contributed by atoms with Crippen LogP contribution in [-0.2, 0) is 10.0 Å². The second kappa shape index (κ2) is 9.84. The van der Waals surface area contributed by atoms with Crippen LogP contribution in [0.2, 0.25) is 0 Å². The van der Waals surface area contributed by atoms with Gasteiger partial charge in [-0.3, -0.25) is 9.89 Å². The number of methoxy groups -OCH3 is 2. The van der Waals surface area contributed by atoms with E-state index in [1.54, 1.807) is 64.5 Å². The summed E-state index contributed by atoms with van der Waals surface area (Å²) in [5, 5.41) is 9.66. The number of rotatable bonds is 9. The lowest BCUT2D eigenvalue weighted by molar-refractivity contribution is 0.102. The highest BCUT2D eigenvalue weighted by molar-refractivity contribution is 7.89. The molecule has 10 heteroatoms. The zero-order valence-electron chi connectivity index (χ0n) is 18.4. The molecular formula is C22H26N4O5S. The number of carbonyl (C=O) groups excluding carboxylic acids is 1. The number of benzene rings is 2. The molecule has 0 aliphatic carbocycles. The molecule has 0 fully saturated rings. The number of aromatic nitrogens is 2. The van der Waals surface area contributed by atoms with E-state index in [-0.39, 0.29) is 10.6 Å². The molecule has 1 heterocycles. The summed E-state index contributed by atoms with van der Waals surface area (Å²) in [7, 11) is -0.443. The number of amides is 1. The number of sulfonamides is 1. The zero-order valence-corrected chi connectivity index (χ0v) is 19.2. The SMILES string of the molecule is CCN(CC)S(=O)(=O)c1ccc(NC(=O)c2cc(-c3ccc(OC)cc3OC)n[nH]2)cc1. The summed E-state index contributed by atoms with van der Waals surface area (Å²) in [6, 6.07) is 13.0. The highest BCUT2D eigenvalue weighted by atomic mass is 32.2. The normalized spacial score (nSPS) is 11.4. The molecule has 0 aliphatic rings. The maximum atomic E-state index is 12.6. The van der Waals surface area contributed by atoms with Crippen molar-refractivity contribution in [3.63, 3.8) is 0 Å². The molecule has 2 aromatic carbocycles. The van der Waals surface area contributed by atoms with Crippen molar-refractivity contribution in [1.29, 1.82) is 0 Å². The highest BCUT2D eigenvalue weighted by Crippen LogP contribution is 2.32. The first-order valence-electron chi connectivity index (χ1n) is 10.0. The van der Waals surface area contributed by atoms with Crippen molar-refractivity contribution in [2.75, 3.05) is 32.6 Å². The first kappa shape index (κ1) is 23.3. The fourth-order valence-corrected chi connectivity index (χ4v) is 4.67. The van der Waals surface area contributed by atoms with Gasteiger partial charge < -0.3 is 14.8 Å². The molecule has 0 saturated heterocycles. The third kappa shape index (κ3) is 4.76. The molecule has 0 atom stereocenters. The van der Waals surface area contributed by atoms with Crippen molar-refractivity contribution in [3.8, 4) is 22.8 Å². The first-order chi connectivity index (χ1) is 15.3. The largest absolute Gasteiger partial charge is 0.497 e. The second-order valence-corrected chi connectivity index (χ2v) is 8.74. The molecule has 0 unspecified atom stereocenters. The van der Waals surface area contributed by atoms with Gasteiger partial charge in [0.05, 0.1) is 24.8 Å². The number of hydrogen-bond acceptors (Lipinski definition) is 6. The average Bonchev–Trinajstić information content (AvgIpc) is 3.30. The summed E-state index contributed by atoms with van der Waals surface area (Å²) in [5.74, 6) is 0.800. The zero-order chi connectivity index (χ0) is 23.3. The van der Waals surface area contributed by atoms with Crippen LogP contribution in [0.1, 0.15) is 24.3 Å². The Kier molecular flexibility index (Phi) is 7.16. The smallest absolute Gasteiger partial charge is 0.273 e. The van der Waals surface area contributed by atoms with Gasteiger partial charge >= 0.3 is 0 Å². The summed E-state index contributed by atoms with van der Waals surface area (Å²) < 4.78 is 37.1. The third-order valence-corrected chi connectivity index (χ3v) is 7.03. The van der Waals surface area contributed by atoms with Gasteiger partial charge in [0.2, 0.25) is 10.0 Å². The Morgan fingerprint density at radius 1 is 1.03 bits per heavy atom. The minimum absolute atomic E-state index is 0.176. The van der Waals surface area contributed by atoms with Crippen LogP contribution >= 0.6 is 0 Å². The van der Waals surface area contributed by atoms with E-state index in [2.05, 4.69) is 15.5 Å². The van der Waals surface area contributed by atoms with E-state index in [1.165, 1.54) is 16.4 Å². The van der Waals surface area contributed by atoms with Crippen LogP contribution in [0, 0.1) is 0 Å². The predicted molar refractivity (Wildman–Crippen MR) is 122 cm³/mol. The Morgan fingerprint density at radius 2 is 1.72 bits per heavy atom. The quantitative estimate of drug-likeness (QED) is 0.508. The Balaban J connectivity index is 1.76. The van der Waals surface area contributed by atoms with Crippen molar-refractivity contribution in [3.05, 3.63) is 54.2 Å². The van der Waals surface area contributed by atoms with Gasteiger partial charge in [-0.15, -0.1) is 0 Å². The Morgan fingerprint density at radius 3 is 2.31 bits per heavy atom. The molecule has 2 N–H and O–H groups in total. The molecule has 3 rings (SSSR count). The minimum atomic E-state index is -3.55. The minimum Gasteiger partial charge on any atom is -0.497 e. The van der Waals surface area contributed by atoms with Crippen molar-refractivity contribution in [1.82, 2.24) is 14.5 Å². The van der Waals surface area contributed by atoms with E-state index in [1.807, 2.05) is 0 Å². The van der Waals surface area contributed by atoms with Crippen molar-refractivity contribution in [2.24, 2.45) is 0 Å². The van der Waals surface area contributed by atoms with Crippen molar-refractivity contribution >= 4 is 21.6 Å². The Hall–Kier alpha value is -3.37. The van der Waals surface area contributed by atoms with Gasteiger partial charge in [0, 0.05) is 30.4 Å². The molecule has 3 aromatic rings. The van der Waals surface area contributed by atoms with Crippen LogP contribution in [0.4, 0.5) is 5.69 Å². The van der Waals surface area contributed by atoms with Gasteiger partial charge in [-0.1, -0.05) is 13.8 Å². The molecule has 0 aliphatic heterocycles. The van der Waals surface area contributed by atoms with Gasteiger partial charge in [-0.25, -0.2) is 8.42 Å². The van der Waals surface area contributed by atoms with Gasteiger partial charge in [-0.2, -0.15) is 9.40 Å². The number of hydrogen-bond donors (Lipinski definition) is 2. The lowest BCUT2D eigenvalue weighted by Gasteiger charge is -2.18. The van der Waals surface area contributed by atoms with E-state index in [0.717, 1.165) is 0 Å². The molecule has 0 bridgehead atoms. The molecule has 9 nitrogen and oxygen atoms in total. The van der Waals surface area contributed by atoms with E-state index in [4.69, 9.17) is 9.47 Å². The van der Waals surface area contributed by atoms with E-state index in [9.17, 15) is 13.2 Å². The molecule has 1 aromatic heterocycles. The van der Waals surface area contributed by atoms with Crippen LogP contribution in [-0.4, -0.2) is 56.1 Å². The topological polar surface area (TPSA) is 114 Å². The van der Waals surface area contributed by atoms with Crippen molar-refractivity contribution < 1.29 is 22.7 Å². The summed E-state index contributed by atoms with van der Waals surface area (Å²) in [6.45, 7) is 4.35. The molecule has 32 heavy (non-hydrogen) atoms. The van der Waals surface area contributed by atoms with Gasteiger partial charge in [0.1, 0.15) is 17.2 Å². The van der Waals surface area contributed by atoms with Crippen LogP contribution in [0.15, 0.2) is 53.4 Å². The van der Waals surface area contributed by atoms with Gasteiger partial charge in [0.25, 0.3) is 5.91 Å². The maximum absolute atomic E-state index is 12.6. The van der Waals surface area contributed by atoms with Crippen LogP contribution in [0.25, 0.3) is 11.3 Å². The summed E-state index contributed by atoms with van der Waals surface area (Å²) in [6.07, 6.45) is 0. The molecule has 0 saturated carbocycles. The van der Waals surface area contributed by atoms with E-state index in [0.29, 0.717) is 41.5 Å². The molecule has 1 amide bonds. The van der Waals surface area contributed by atoms with E-state index >= 15 is 0 Å². The molecular weight excluding hydrogens is 432 g/mol. The van der Waals surface area contributed by atoms with Crippen molar-refractivity contribution in [2.45, 2.75) is 18.7 Å². The fraction of sp³-hybridized carbons (Fsp3) is 0.273. The number of aromatic amines is 1. The highest BCUT2D eigenvalue weighted by Gasteiger charge is 2.21. The number of nitrogens with zero attached hydrogens (tertiary/aromatic N) is 2. The Labute approximate surface area is 187 Å². The van der Waals surface area contributed by atoms with Gasteiger partial charge in [-0.05, 0) is 42.5 Å². The number of carbonyl (C=O) groups is 1. The molecule has 0 radical (unpaired) electrons. The van der Waals surface area contributed by atoms with Crippen LogP contribution in [0.5, 0.6) is 11.5 Å². The molecule has 0 spiro atoms. The summed E-state index contributed by atoms with van der Waals surface area (Å²) >= 11 is 0. The summed E-state index contributed by atoms with van der Waals surface area (Å²) in [5.41, 5.74) is 1.95. The lowest BCUT2D eigenvalue weighted by atomic mass is 10.1. The summed E-state index contributed by atoms with van der Waals surface area (Å²) in [4.78, 5) is 12.8. The monoisotopic (exact) mass is 458 g/mol. The third-order valence-electron chi connectivity index (χ3n) is 4.96. The molecule has 170 valence electrons. The fourth-order valence-electron chi connectivity index (χ4n) is 3.21. The lowest BCUT2D eigenvalue weighted by Crippen LogP contribution is -2.30. The average molecular weight is 459 g/mol. The number of H-pyrrole nitrogens is 1. The number of ether oxygens (including phenoxy) is 2. The van der Waals surface area contributed by atoms with E-state index < -0.39 is 15.9 Å². The first-order valence-corrected chi connectivity index (χ1v) is 11.5. The van der Waals surface area contributed by atoms with Gasteiger partial charge in [0.15, 0.2) is 0 Å². The second-order valence-electron chi connectivity index (χ2n) is 6.80. The number of nitrogens with one attached hydrogen (secondary N) is 2. The Bertz CT molecular complexity index is 1190. The predicted octanol–water partition coefficient (Wildman–Crippen LogP) is 3.38.